The van der Waals surface area contributed by atoms with Crippen LogP contribution in [0.15, 0.2) is 18.3 Å². The molecule has 0 saturated carbocycles. The quantitative estimate of drug-likeness (QED) is 0.683. The van der Waals surface area contributed by atoms with Crippen molar-refractivity contribution in [2.45, 2.75) is 27.2 Å². The van der Waals surface area contributed by atoms with Crippen LogP contribution in [-0.2, 0) is 0 Å². The van der Waals surface area contributed by atoms with E-state index in [-0.39, 0.29) is 5.82 Å². The van der Waals surface area contributed by atoms with Crippen LogP contribution in [0.3, 0.4) is 0 Å². The van der Waals surface area contributed by atoms with E-state index < -0.39 is 0 Å². The van der Waals surface area contributed by atoms with Gasteiger partial charge in [-0.05, 0) is 18.6 Å². The Balaban J connectivity index is 0.000000293. The molecular formula is C11H15FN2. The number of aromatic nitrogens is 2. The van der Waals surface area contributed by atoms with Crippen molar-refractivity contribution in [3.8, 4) is 0 Å². The highest BCUT2D eigenvalue weighted by molar-refractivity contribution is 5.79. The Morgan fingerprint density at radius 1 is 1.36 bits per heavy atom. The zero-order valence-electron chi connectivity index (χ0n) is 8.76. The molecule has 3 heteroatoms. The maximum Gasteiger partial charge on any atom is 0.137 e. The number of halogens is 1. The van der Waals surface area contributed by atoms with Crippen LogP contribution in [0, 0.1) is 12.7 Å². The van der Waals surface area contributed by atoms with Gasteiger partial charge in [0.15, 0.2) is 0 Å². The van der Waals surface area contributed by atoms with E-state index in [4.69, 9.17) is 0 Å². The molecular weight excluding hydrogens is 179 g/mol. The van der Waals surface area contributed by atoms with Gasteiger partial charge in [-0.2, -0.15) is 5.10 Å². The summed E-state index contributed by atoms with van der Waals surface area (Å²) in [7, 11) is 0. The fourth-order valence-electron chi connectivity index (χ4n) is 1.09. The Kier molecular flexibility index (Phi) is 3.63. The third kappa shape index (κ3) is 2.10. The number of hydrogen-bond acceptors (Lipinski definition) is 1. The van der Waals surface area contributed by atoms with E-state index in [9.17, 15) is 4.39 Å². The lowest BCUT2D eigenvalue weighted by Crippen LogP contribution is -1.81. The van der Waals surface area contributed by atoms with Crippen LogP contribution >= 0.6 is 0 Å². The second-order valence-corrected chi connectivity index (χ2v) is 3.23. The van der Waals surface area contributed by atoms with Crippen molar-refractivity contribution in [1.82, 2.24) is 10.2 Å². The third-order valence-electron chi connectivity index (χ3n) is 1.75. The van der Waals surface area contributed by atoms with Gasteiger partial charge in [0.25, 0.3) is 0 Å². The first kappa shape index (κ1) is 10.7. The molecule has 0 amide bonds. The van der Waals surface area contributed by atoms with E-state index in [0.29, 0.717) is 10.9 Å². The van der Waals surface area contributed by atoms with Crippen LogP contribution < -0.4 is 0 Å². The Morgan fingerprint density at radius 3 is 2.64 bits per heavy atom. The highest BCUT2D eigenvalue weighted by Crippen LogP contribution is 2.17. The largest absolute Gasteiger partial charge is 0.278 e. The van der Waals surface area contributed by atoms with Crippen LogP contribution in [0.2, 0.25) is 0 Å². The van der Waals surface area contributed by atoms with Crippen molar-refractivity contribution >= 4 is 10.9 Å². The van der Waals surface area contributed by atoms with E-state index in [1.807, 2.05) is 6.07 Å². The highest BCUT2D eigenvalue weighted by atomic mass is 19.1. The minimum Gasteiger partial charge on any atom is -0.278 e. The predicted molar refractivity (Wildman–Crippen MR) is 56.8 cm³/mol. The Bertz CT molecular complexity index is 407. The monoisotopic (exact) mass is 194 g/mol. The average Bonchev–Trinajstić information content (AvgIpc) is 2.61. The summed E-state index contributed by atoms with van der Waals surface area (Å²) in [6, 6.07) is 3.55. The molecule has 0 radical (unpaired) electrons. The summed E-state index contributed by atoms with van der Waals surface area (Å²) in [5.41, 5.74) is 1.40. The van der Waals surface area contributed by atoms with Gasteiger partial charge in [-0.25, -0.2) is 4.39 Å². The summed E-state index contributed by atoms with van der Waals surface area (Å²) in [6.07, 6.45) is 2.75. The van der Waals surface area contributed by atoms with Gasteiger partial charge in [0.05, 0.1) is 17.1 Å². The summed E-state index contributed by atoms with van der Waals surface area (Å²) >= 11 is 0. The fraction of sp³-hybridized carbons (Fsp3) is 0.364. The first-order valence-electron chi connectivity index (χ1n) is 4.78. The molecule has 0 aliphatic heterocycles. The van der Waals surface area contributed by atoms with Gasteiger partial charge in [0.1, 0.15) is 5.82 Å². The number of hydrogen-bond donors (Lipinski definition) is 1. The Hall–Kier alpha value is -1.38. The first-order valence-corrected chi connectivity index (χ1v) is 4.78. The minimum absolute atomic E-state index is 0.184. The first-order chi connectivity index (χ1) is 6.70. The second kappa shape index (κ2) is 4.74. The van der Waals surface area contributed by atoms with E-state index in [0.717, 1.165) is 5.52 Å². The van der Waals surface area contributed by atoms with Gasteiger partial charge >= 0.3 is 0 Å². The lowest BCUT2D eigenvalue weighted by Gasteiger charge is -1.94. The van der Waals surface area contributed by atoms with Gasteiger partial charge in [-0.1, -0.05) is 26.3 Å². The molecule has 14 heavy (non-hydrogen) atoms. The van der Waals surface area contributed by atoms with Crippen molar-refractivity contribution in [3.63, 3.8) is 0 Å². The SMILES string of the molecule is CCC.Cc1ccc2[nH]ncc2c1F. The molecule has 0 aliphatic rings. The third-order valence-corrected chi connectivity index (χ3v) is 1.75. The molecule has 1 aromatic carbocycles. The van der Waals surface area contributed by atoms with Crippen molar-refractivity contribution in [1.29, 1.82) is 0 Å². The summed E-state index contributed by atoms with van der Waals surface area (Å²) in [5.74, 6) is -0.184. The van der Waals surface area contributed by atoms with Crippen LogP contribution in [0.5, 0.6) is 0 Å². The van der Waals surface area contributed by atoms with Crippen LogP contribution in [0.4, 0.5) is 4.39 Å². The molecule has 1 aromatic heterocycles. The van der Waals surface area contributed by atoms with Gasteiger partial charge in [-0.15, -0.1) is 0 Å². The van der Waals surface area contributed by atoms with Gasteiger partial charge in [0, 0.05) is 0 Å². The molecule has 2 aromatic rings. The number of H-pyrrole nitrogens is 1. The fourth-order valence-corrected chi connectivity index (χ4v) is 1.09. The van der Waals surface area contributed by atoms with E-state index in [2.05, 4.69) is 24.0 Å². The molecule has 1 heterocycles. The molecule has 0 aliphatic carbocycles. The summed E-state index contributed by atoms with van der Waals surface area (Å²) in [4.78, 5) is 0. The maximum absolute atomic E-state index is 13.2. The molecule has 0 atom stereocenters. The van der Waals surface area contributed by atoms with Crippen molar-refractivity contribution < 1.29 is 4.39 Å². The highest BCUT2D eigenvalue weighted by Gasteiger charge is 2.03. The Morgan fingerprint density at radius 2 is 2.00 bits per heavy atom. The molecule has 0 saturated heterocycles. The molecule has 2 nitrogen and oxygen atoms in total. The number of aromatic amines is 1. The number of benzene rings is 1. The van der Waals surface area contributed by atoms with E-state index >= 15 is 0 Å². The number of nitrogens with zero attached hydrogens (tertiary/aromatic N) is 1. The number of nitrogens with one attached hydrogen (secondary N) is 1. The van der Waals surface area contributed by atoms with Crippen molar-refractivity contribution in [2.75, 3.05) is 0 Å². The number of fused-ring (bicyclic) bond motifs is 1. The topological polar surface area (TPSA) is 28.7 Å². The van der Waals surface area contributed by atoms with Gasteiger partial charge in [-0.3, -0.25) is 5.10 Å². The van der Waals surface area contributed by atoms with E-state index in [1.165, 1.54) is 12.6 Å². The maximum atomic E-state index is 13.2. The zero-order valence-corrected chi connectivity index (χ0v) is 8.76. The zero-order chi connectivity index (χ0) is 10.6. The van der Waals surface area contributed by atoms with Crippen molar-refractivity contribution in [3.05, 3.63) is 29.7 Å². The average molecular weight is 194 g/mol. The normalized spacial score (nSPS) is 9.71. The number of aryl methyl sites for hydroxylation is 1. The molecule has 0 unspecified atom stereocenters. The molecule has 0 bridgehead atoms. The van der Waals surface area contributed by atoms with Crippen LogP contribution in [-0.4, -0.2) is 10.2 Å². The second-order valence-electron chi connectivity index (χ2n) is 3.23. The minimum atomic E-state index is -0.184. The van der Waals surface area contributed by atoms with Crippen LogP contribution in [0.1, 0.15) is 25.8 Å². The molecule has 2 rings (SSSR count). The Labute approximate surface area is 83.1 Å². The van der Waals surface area contributed by atoms with E-state index in [1.54, 1.807) is 13.0 Å². The van der Waals surface area contributed by atoms with Gasteiger partial charge < -0.3 is 0 Å². The van der Waals surface area contributed by atoms with Crippen molar-refractivity contribution in [2.24, 2.45) is 0 Å². The van der Waals surface area contributed by atoms with Gasteiger partial charge in [0.2, 0.25) is 0 Å². The summed E-state index contributed by atoms with van der Waals surface area (Å²) < 4.78 is 13.2. The number of rotatable bonds is 0. The molecule has 76 valence electrons. The molecule has 1 N–H and O–H groups in total. The summed E-state index contributed by atoms with van der Waals surface area (Å²) in [5, 5.41) is 7.00. The lowest BCUT2D eigenvalue weighted by molar-refractivity contribution is 0.631. The van der Waals surface area contributed by atoms with Crippen LogP contribution in [0.25, 0.3) is 10.9 Å². The summed E-state index contributed by atoms with van der Waals surface area (Å²) in [6.45, 7) is 5.99. The molecule has 0 fully saturated rings. The molecule has 0 spiro atoms. The predicted octanol–water partition coefficient (Wildman–Crippen LogP) is 3.43. The smallest absolute Gasteiger partial charge is 0.137 e. The standard InChI is InChI=1S/C8H7FN2.C3H8/c1-5-2-3-7-6(8(5)9)4-10-11-7;1-3-2/h2-4H,1H3,(H,10,11);3H2,1-2H3. The lowest BCUT2D eigenvalue weighted by atomic mass is 10.2.